The maximum absolute atomic E-state index is 9.12. The van der Waals surface area contributed by atoms with Gasteiger partial charge in [0.05, 0.1) is 0 Å². The fourth-order valence-electron chi connectivity index (χ4n) is 2.02. The molecule has 0 bridgehead atoms. The van der Waals surface area contributed by atoms with Gasteiger partial charge in [-0.25, -0.2) is 0 Å². The zero-order chi connectivity index (χ0) is 11.2. The van der Waals surface area contributed by atoms with Crippen molar-refractivity contribution >= 4 is 12.4 Å². The maximum atomic E-state index is 9.12. The van der Waals surface area contributed by atoms with Gasteiger partial charge in [0.2, 0.25) is 0 Å². The molecule has 1 heterocycles. The molecule has 0 unspecified atom stereocenters. The van der Waals surface area contributed by atoms with Gasteiger partial charge < -0.3 is 9.84 Å². The molecule has 17 heavy (non-hydrogen) atoms. The van der Waals surface area contributed by atoms with Crippen molar-refractivity contribution in [2.75, 3.05) is 26.2 Å². The summed E-state index contributed by atoms with van der Waals surface area (Å²) >= 11 is 0. The van der Waals surface area contributed by atoms with E-state index in [1.165, 1.54) is 32.4 Å². The predicted octanol–water partition coefficient (Wildman–Crippen LogP) is 2.68. The van der Waals surface area contributed by atoms with E-state index in [1.54, 1.807) is 24.3 Å². The number of nitrogens with zero attached hydrogens (tertiary/aromatic N) is 1. The molecule has 0 aliphatic carbocycles. The number of aromatic hydroxyl groups is 1. The van der Waals surface area contributed by atoms with Crippen LogP contribution in [0.1, 0.15) is 19.3 Å². The van der Waals surface area contributed by atoms with E-state index >= 15 is 0 Å². The number of phenolic OH excluding ortho intramolecular Hbond substituents is 1. The van der Waals surface area contributed by atoms with E-state index in [9.17, 15) is 0 Å². The van der Waals surface area contributed by atoms with Crippen molar-refractivity contribution in [2.24, 2.45) is 0 Å². The van der Waals surface area contributed by atoms with Gasteiger partial charge in [0, 0.05) is 6.54 Å². The van der Waals surface area contributed by atoms with Crippen LogP contribution >= 0.6 is 12.4 Å². The van der Waals surface area contributed by atoms with Gasteiger partial charge in [0.15, 0.2) is 0 Å². The Labute approximate surface area is 109 Å². The highest BCUT2D eigenvalue weighted by Crippen LogP contribution is 2.16. The summed E-state index contributed by atoms with van der Waals surface area (Å²) in [4.78, 5) is 2.45. The van der Waals surface area contributed by atoms with Crippen LogP contribution in [0.15, 0.2) is 24.3 Å². The van der Waals surface area contributed by atoms with Gasteiger partial charge in [0.1, 0.15) is 18.1 Å². The van der Waals surface area contributed by atoms with Crippen molar-refractivity contribution in [3.63, 3.8) is 0 Å². The second-order valence-electron chi connectivity index (χ2n) is 4.24. The number of rotatable bonds is 4. The van der Waals surface area contributed by atoms with Crippen LogP contribution in [0.4, 0.5) is 0 Å². The zero-order valence-electron chi connectivity index (χ0n) is 9.97. The predicted molar refractivity (Wildman–Crippen MR) is 71.1 cm³/mol. The van der Waals surface area contributed by atoms with Gasteiger partial charge in [-0.15, -0.1) is 12.4 Å². The second-order valence-corrected chi connectivity index (χ2v) is 4.24. The maximum Gasteiger partial charge on any atom is 0.119 e. The molecule has 0 amide bonds. The highest BCUT2D eigenvalue weighted by Gasteiger charge is 2.09. The molecule has 2 rings (SSSR count). The first-order valence-corrected chi connectivity index (χ1v) is 5.99. The third kappa shape index (κ3) is 4.84. The molecular weight excluding hydrogens is 238 g/mol. The average molecular weight is 258 g/mol. The van der Waals surface area contributed by atoms with Gasteiger partial charge >= 0.3 is 0 Å². The van der Waals surface area contributed by atoms with Gasteiger partial charge in [0.25, 0.3) is 0 Å². The lowest BCUT2D eigenvalue weighted by atomic mass is 10.1. The normalized spacial score (nSPS) is 16.2. The molecule has 1 fully saturated rings. The summed E-state index contributed by atoms with van der Waals surface area (Å²) in [7, 11) is 0. The molecule has 1 aliphatic heterocycles. The Hall–Kier alpha value is -0.930. The lowest BCUT2D eigenvalue weighted by Gasteiger charge is -2.26. The van der Waals surface area contributed by atoms with E-state index in [4.69, 9.17) is 9.84 Å². The van der Waals surface area contributed by atoms with Crippen molar-refractivity contribution in [3.05, 3.63) is 24.3 Å². The molecule has 1 aromatic carbocycles. The minimum absolute atomic E-state index is 0. The molecule has 0 atom stereocenters. The minimum atomic E-state index is 0. The molecule has 96 valence electrons. The number of phenols is 1. The Morgan fingerprint density at radius 2 is 1.71 bits per heavy atom. The number of piperidine rings is 1. The molecule has 1 aliphatic rings. The summed E-state index contributed by atoms with van der Waals surface area (Å²) in [6.07, 6.45) is 4.01. The van der Waals surface area contributed by atoms with Crippen LogP contribution in [0.25, 0.3) is 0 Å². The third-order valence-corrected chi connectivity index (χ3v) is 2.96. The first-order valence-electron chi connectivity index (χ1n) is 5.99. The van der Waals surface area contributed by atoms with Crippen LogP contribution in [-0.4, -0.2) is 36.2 Å². The SMILES string of the molecule is Cl.Oc1ccc(OCCN2CCCCC2)cc1. The lowest BCUT2D eigenvalue weighted by Crippen LogP contribution is -2.33. The largest absolute Gasteiger partial charge is 0.508 e. The van der Waals surface area contributed by atoms with E-state index in [0.29, 0.717) is 0 Å². The Morgan fingerprint density at radius 3 is 2.35 bits per heavy atom. The molecule has 4 heteroatoms. The van der Waals surface area contributed by atoms with E-state index < -0.39 is 0 Å². The van der Waals surface area contributed by atoms with Crippen LogP contribution in [0.2, 0.25) is 0 Å². The summed E-state index contributed by atoms with van der Waals surface area (Å²) < 4.78 is 5.61. The number of benzene rings is 1. The average Bonchev–Trinajstić information content (AvgIpc) is 2.33. The molecule has 3 nitrogen and oxygen atoms in total. The number of hydrogen-bond acceptors (Lipinski definition) is 3. The molecule has 1 N–H and O–H groups in total. The van der Waals surface area contributed by atoms with Crippen LogP contribution in [0, 0.1) is 0 Å². The molecular formula is C13H20ClNO2. The highest BCUT2D eigenvalue weighted by atomic mass is 35.5. The van der Waals surface area contributed by atoms with Crippen molar-refractivity contribution < 1.29 is 9.84 Å². The van der Waals surface area contributed by atoms with Gasteiger partial charge in [-0.1, -0.05) is 6.42 Å². The van der Waals surface area contributed by atoms with Crippen molar-refractivity contribution in [1.82, 2.24) is 4.90 Å². The summed E-state index contributed by atoms with van der Waals surface area (Å²) in [5.74, 6) is 1.11. The molecule has 0 saturated carbocycles. The smallest absolute Gasteiger partial charge is 0.119 e. The fraction of sp³-hybridized carbons (Fsp3) is 0.538. The standard InChI is InChI=1S/C13H19NO2.ClH/c15-12-4-6-13(7-5-12)16-11-10-14-8-2-1-3-9-14;/h4-7,15H,1-3,8-11H2;1H. The number of ether oxygens (including phenoxy) is 1. The second kappa shape index (κ2) is 7.41. The van der Waals surface area contributed by atoms with E-state index in [2.05, 4.69) is 4.90 Å². The zero-order valence-corrected chi connectivity index (χ0v) is 10.8. The third-order valence-electron chi connectivity index (χ3n) is 2.96. The van der Waals surface area contributed by atoms with E-state index in [1.807, 2.05) is 0 Å². The first-order chi connectivity index (χ1) is 7.84. The molecule has 1 aromatic rings. The molecule has 0 spiro atoms. The Kier molecular flexibility index (Phi) is 6.16. The van der Waals surface area contributed by atoms with Crippen molar-refractivity contribution in [2.45, 2.75) is 19.3 Å². The highest BCUT2D eigenvalue weighted by molar-refractivity contribution is 5.85. The monoisotopic (exact) mass is 257 g/mol. The number of halogens is 1. The van der Waals surface area contributed by atoms with Gasteiger partial charge in [-0.2, -0.15) is 0 Å². The molecule has 0 aromatic heterocycles. The summed E-state index contributed by atoms with van der Waals surface area (Å²) in [5.41, 5.74) is 0. The van der Waals surface area contributed by atoms with Crippen LogP contribution in [0.3, 0.4) is 0 Å². The van der Waals surface area contributed by atoms with Crippen LogP contribution in [0.5, 0.6) is 11.5 Å². The van der Waals surface area contributed by atoms with Crippen molar-refractivity contribution in [3.8, 4) is 11.5 Å². The number of hydrogen-bond donors (Lipinski definition) is 1. The summed E-state index contributed by atoms with van der Waals surface area (Å²) in [5, 5.41) is 9.12. The molecule has 1 saturated heterocycles. The van der Waals surface area contributed by atoms with Crippen LogP contribution < -0.4 is 4.74 Å². The Balaban J connectivity index is 0.00000144. The van der Waals surface area contributed by atoms with Crippen LogP contribution in [-0.2, 0) is 0 Å². The number of likely N-dealkylation sites (tertiary alicyclic amines) is 1. The quantitative estimate of drug-likeness (QED) is 0.900. The Bertz CT molecular complexity index is 310. The molecule has 0 radical (unpaired) electrons. The van der Waals surface area contributed by atoms with Gasteiger partial charge in [-0.05, 0) is 50.2 Å². The summed E-state index contributed by atoms with van der Waals surface area (Å²) in [6, 6.07) is 6.89. The Morgan fingerprint density at radius 1 is 1.06 bits per heavy atom. The topological polar surface area (TPSA) is 32.7 Å². The van der Waals surface area contributed by atoms with E-state index in [-0.39, 0.29) is 18.2 Å². The van der Waals surface area contributed by atoms with E-state index in [0.717, 1.165) is 18.9 Å². The van der Waals surface area contributed by atoms with Crippen molar-refractivity contribution in [1.29, 1.82) is 0 Å². The van der Waals surface area contributed by atoms with Gasteiger partial charge in [-0.3, -0.25) is 4.90 Å². The summed E-state index contributed by atoms with van der Waals surface area (Å²) in [6.45, 7) is 4.14. The first kappa shape index (κ1) is 14.1. The fourth-order valence-corrected chi connectivity index (χ4v) is 2.02. The minimum Gasteiger partial charge on any atom is -0.508 e. The lowest BCUT2D eigenvalue weighted by molar-refractivity contribution is 0.183.